The molecule has 54 heavy (non-hydrogen) atoms. The van der Waals surface area contributed by atoms with E-state index in [1.54, 1.807) is 42.7 Å². The quantitative estimate of drug-likeness (QED) is 0.220. The third-order valence-corrected chi connectivity index (χ3v) is 12.2. The highest BCUT2D eigenvalue weighted by Gasteiger charge is 2.46. The van der Waals surface area contributed by atoms with Crippen LogP contribution in [0.1, 0.15) is 66.4 Å². The second-order valence-electron chi connectivity index (χ2n) is 14.4. The molecule has 2 N–H and O–H groups in total. The Morgan fingerprint density at radius 2 is 1.81 bits per heavy atom. The minimum atomic E-state index is -0.930. The van der Waals surface area contributed by atoms with Crippen molar-refractivity contribution in [2.45, 2.75) is 61.8 Å². The lowest BCUT2D eigenvalue weighted by Crippen LogP contribution is -2.60. The molecule has 5 heterocycles. The number of likely N-dealkylation sites (tertiary alicyclic amines) is 2. The molecule has 0 radical (unpaired) electrons. The van der Waals surface area contributed by atoms with Gasteiger partial charge in [-0.1, -0.05) is 35.3 Å². The molecular formula is C38H43Cl2N9O5. The van der Waals surface area contributed by atoms with Gasteiger partial charge < -0.3 is 19.6 Å². The number of piperidine rings is 2. The molecule has 16 heteroatoms. The SMILES string of the molecule is COc1ccc(-n2cnnn2)cc1C(=O)N1CCC(CCN2CCC(C(=O)NN3CCCCC3C(=O)O)(c3cccnc3)CC2)(c2ccc(Cl)c(Cl)c2)C1. The van der Waals surface area contributed by atoms with E-state index >= 15 is 0 Å². The molecule has 2 amide bonds. The number of hydrogen-bond donors (Lipinski definition) is 2. The summed E-state index contributed by atoms with van der Waals surface area (Å²) in [6, 6.07) is 14.0. The van der Waals surface area contributed by atoms with Gasteiger partial charge in [-0.15, -0.1) is 5.10 Å². The van der Waals surface area contributed by atoms with Gasteiger partial charge in [-0.05, 0) is 123 Å². The summed E-state index contributed by atoms with van der Waals surface area (Å²) in [5.74, 6) is -0.828. The van der Waals surface area contributed by atoms with Crippen molar-refractivity contribution in [2.24, 2.45) is 0 Å². The third kappa shape index (κ3) is 7.52. The number of carbonyl (C=O) groups excluding carboxylic acids is 2. The number of benzene rings is 2. The van der Waals surface area contributed by atoms with Crippen LogP contribution in [0, 0.1) is 0 Å². The molecule has 2 atom stereocenters. The molecule has 0 aliphatic carbocycles. The van der Waals surface area contributed by atoms with Gasteiger partial charge in [0.1, 0.15) is 18.1 Å². The van der Waals surface area contributed by atoms with Crippen LogP contribution in [0.4, 0.5) is 0 Å². The molecule has 0 bridgehead atoms. The first-order chi connectivity index (χ1) is 26.1. The number of nitrogens with one attached hydrogen (secondary N) is 1. The summed E-state index contributed by atoms with van der Waals surface area (Å²) in [6.07, 6.45) is 9.55. The molecule has 2 aromatic carbocycles. The van der Waals surface area contributed by atoms with E-state index in [-0.39, 0.29) is 11.8 Å². The van der Waals surface area contributed by atoms with Crippen LogP contribution in [0.2, 0.25) is 10.0 Å². The lowest BCUT2D eigenvalue weighted by molar-refractivity contribution is -0.149. The first kappa shape index (κ1) is 37.7. The summed E-state index contributed by atoms with van der Waals surface area (Å²) in [6.45, 7) is 3.48. The van der Waals surface area contributed by atoms with Crippen molar-refractivity contribution >= 4 is 41.0 Å². The highest BCUT2D eigenvalue weighted by molar-refractivity contribution is 6.42. The largest absolute Gasteiger partial charge is 0.496 e. The van der Waals surface area contributed by atoms with Gasteiger partial charge in [0.15, 0.2) is 0 Å². The summed E-state index contributed by atoms with van der Waals surface area (Å²) in [7, 11) is 1.54. The lowest BCUT2D eigenvalue weighted by Gasteiger charge is -2.43. The standard InChI is InChI=1S/C38H43Cl2N9O5/c1-54-33-10-8-28(49-25-42-44-45-49)22-29(33)34(50)47-20-12-37(24-47,26-7-9-30(39)31(40)21-26)11-17-46-18-13-38(14-19-46,27-5-4-15-41-23-27)36(53)43-48-16-3-2-6-32(48)35(51)52/h4-5,7-10,15,21-23,25,32H,2-3,6,11-14,16-20,24H2,1H3,(H,43,53)(H,51,52). The molecule has 284 valence electrons. The molecule has 7 rings (SSSR count). The summed E-state index contributed by atoms with van der Waals surface area (Å²) < 4.78 is 7.10. The van der Waals surface area contributed by atoms with Crippen LogP contribution >= 0.6 is 23.2 Å². The number of methoxy groups -OCH3 is 1. The molecule has 3 aliphatic heterocycles. The first-order valence-electron chi connectivity index (χ1n) is 18.2. The smallest absolute Gasteiger partial charge is 0.322 e. The van der Waals surface area contributed by atoms with Gasteiger partial charge in [0.05, 0.1) is 33.8 Å². The van der Waals surface area contributed by atoms with Crippen molar-refractivity contribution in [1.29, 1.82) is 0 Å². The van der Waals surface area contributed by atoms with E-state index in [0.29, 0.717) is 85.5 Å². The second-order valence-corrected chi connectivity index (χ2v) is 15.2. The summed E-state index contributed by atoms with van der Waals surface area (Å²) in [4.78, 5) is 49.0. The number of rotatable bonds is 11. The van der Waals surface area contributed by atoms with Crippen LogP contribution in [-0.4, -0.2) is 115 Å². The lowest BCUT2D eigenvalue weighted by atomic mass is 9.72. The fourth-order valence-corrected chi connectivity index (χ4v) is 8.59. The molecule has 3 fully saturated rings. The maximum Gasteiger partial charge on any atom is 0.322 e. The average molecular weight is 777 g/mol. The van der Waals surface area contributed by atoms with Crippen LogP contribution in [0.25, 0.3) is 5.69 Å². The van der Waals surface area contributed by atoms with Crippen LogP contribution in [0.15, 0.2) is 67.3 Å². The van der Waals surface area contributed by atoms with Crippen molar-refractivity contribution in [3.63, 3.8) is 0 Å². The van der Waals surface area contributed by atoms with Gasteiger partial charge in [0, 0.05) is 37.4 Å². The average Bonchev–Trinajstić information content (AvgIpc) is 3.90. The Hall–Kier alpha value is -4.63. The zero-order valence-corrected chi connectivity index (χ0v) is 31.5. The van der Waals surface area contributed by atoms with Crippen molar-refractivity contribution in [3.8, 4) is 11.4 Å². The molecule has 2 unspecified atom stereocenters. The Kier molecular flexibility index (Phi) is 11.2. The first-order valence-corrected chi connectivity index (χ1v) is 19.0. The number of hydrazine groups is 1. The van der Waals surface area contributed by atoms with E-state index in [1.165, 1.54) is 11.0 Å². The van der Waals surface area contributed by atoms with Gasteiger partial charge in [-0.25, -0.2) is 9.69 Å². The van der Waals surface area contributed by atoms with Gasteiger partial charge in [0.2, 0.25) is 5.91 Å². The maximum absolute atomic E-state index is 14.2. The molecule has 4 aromatic rings. The number of carboxylic acid groups (broad SMARTS) is 1. The predicted octanol–water partition coefficient (Wildman–Crippen LogP) is 4.55. The minimum absolute atomic E-state index is 0.159. The van der Waals surface area contributed by atoms with E-state index < -0.39 is 22.8 Å². The van der Waals surface area contributed by atoms with Gasteiger partial charge in [-0.3, -0.25) is 24.8 Å². The predicted molar refractivity (Wildman–Crippen MR) is 201 cm³/mol. The molecule has 14 nitrogen and oxygen atoms in total. The molecule has 0 spiro atoms. The van der Waals surface area contributed by atoms with Gasteiger partial charge in [0.25, 0.3) is 5.91 Å². The van der Waals surface area contributed by atoms with E-state index in [2.05, 4.69) is 30.8 Å². The fourth-order valence-electron chi connectivity index (χ4n) is 8.29. The monoisotopic (exact) mass is 775 g/mol. The Morgan fingerprint density at radius 3 is 2.52 bits per heavy atom. The van der Waals surface area contributed by atoms with Crippen molar-refractivity contribution < 1.29 is 24.2 Å². The van der Waals surface area contributed by atoms with E-state index in [1.807, 2.05) is 35.2 Å². The highest BCUT2D eigenvalue weighted by atomic mass is 35.5. The minimum Gasteiger partial charge on any atom is -0.496 e. The number of halogens is 2. The topological polar surface area (TPSA) is 159 Å². The maximum atomic E-state index is 14.2. The third-order valence-electron chi connectivity index (χ3n) is 11.5. The zero-order chi connectivity index (χ0) is 37.9. The Morgan fingerprint density at radius 1 is 0.981 bits per heavy atom. The van der Waals surface area contributed by atoms with Gasteiger partial charge >= 0.3 is 5.97 Å². The number of nitrogens with zero attached hydrogens (tertiary/aromatic N) is 8. The zero-order valence-electron chi connectivity index (χ0n) is 30.0. The molecular weight excluding hydrogens is 733 g/mol. The second kappa shape index (κ2) is 16.0. The number of aromatic nitrogens is 5. The Labute approximate surface area is 323 Å². The number of carboxylic acids is 1. The molecule has 2 aromatic heterocycles. The van der Waals surface area contributed by atoms with E-state index in [4.69, 9.17) is 27.9 Å². The molecule has 0 saturated carbocycles. The number of ether oxygens (including phenoxy) is 1. The van der Waals surface area contributed by atoms with Crippen LogP contribution in [-0.2, 0) is 20.4 Å². The summed E-state index contributed by atoms with van der Waals surface area (Å²) >= 11 is 12.9. The normalized spacial score (nSPS) is 21.8. The Balaban J connectivity index is 1.09. The van der Waals surface area contributed by atoms with Crippen molar-refractivity contribution in [1.82, 2.24) is 45.4 Å². The fraction of sp³-hybridized carbons (Fsp3) is 0.447. The number of hydrogen-bond acceptors (Lipinski definition) is 10. The van der Waals surface area contributed by atoms with Crippen LogP contribution in [0.5, 0.6) is 5.75 Å². The molecule has 3 saturated heterocycles. The number of carbonyl (C=O) groups is 3. The van der Waals surface area contributed by atoms with Crippen LogP contribution < -0.4 is 10.2 Å². The number of amides is 2. The Bertz CT molecular complexity index is 1980. The summed E-state index contributed by atoms with van der Waals surface area (Å²) in [5, 5.41) is 23.8. The molecule has 3 aliphatic rings. The van der Waals surface area contributed by atoms with Crippen molar-refractivity contribution in [2.75, 3.05) is 46.4 Å². The number of aliphatic carboxylic acids is 1. The number of tetrazole rings is 1. The van der Waals surface area contributed by atoms with Gasteiger partial charge in [-0.2, -0.15) is 0 Å². The highest BCUT2D eigenvalue weighted by Crippen LogP contribution is 2.42. The summed E-state index contributed by atoms with van der Waals surface area (Å²) in [5.41, 5.74) is 4.63. The number of pyridine rings is 1. The van der Waals surface area contributed by atoms with Crippen LogP contribution in [0.3, 0.4) is 0 Å². The van der Waals surface area contributed by atoms with E-state index in [9.17, 15) is 19.5 Å². The van der Waals surface area contributed by atoms with E-state index in [0.717, 1.165) is 36.9 Å². The van der Waals surface area contributed by atoms with Crippen molar-refractivity contribution in [3.05, 3.63) is 94.0 Å².